The van der Waals surface area contributed by atoms with Crippen molar-refractivity contribution in [2.24, 2.45) is 4.99 Å². The Kier molecular flexibility index (Phi) is 33.8. The Hall–Kier alpha value is -3.07. The van der Waals surface area contributed by atoms with E-state index in [9.17, 15) is 36.6 Å². The lowest BCUT2D eigenvalue weighted by molar-refractivity contribution is 0.0828. The number of carbonyl (C=O) groups is 2. The maximum Gasteiger partial charge on any atom is 0.273 e. The van der Waals surface area contributed by atoms with E-state index in [1.807, 2.05) is 13.8 Å². The zero-order valence-corrected chi connectivity index (χ0v) is 42.9. The van der Waals surface area contributed by atoms with Crippen molar-refractivity contribution >= 4 is 75.8 Å². The first-order chi connectivity index (χ1) is 31.0. The zero-order valence-electron chi connectivity index (χ0n) is 38.2. The van der Waals surface area contributed by atoms with Gasteiger partial charge in [0.2, 0.25) is 15.1 Å². The summed E-state index contributed by atoms with van der Waals surface area (Å²) >= 11 is 9.14. The number of amides is 2. The van der Waals surface area contributed by atoms with Crippen molar-refractivity contribution in [2.75, 3.05) is 25.7 Å². The molecule has 2 aliphatic heterocycles. The van der Waals surface area contributed by atoms with Crippen molar-refractivity contribution in [3.05, 3.63) is 87.4 Å². The highest BCUT2D eigenvalue weighted by Crippen LogP contribution is 2.28. The van der Waals surface area contributed by atoms with E-state index in [4.69, 9.17) is 25.3 Å². The highest BCUT2D eigenvalue weighted by Gasteiger charge is 2.33. The molecule has 5 rings (SSSR count). The third kappa shape index (κ3) is 25.7. The van der Waals surface area contributed by atoms with E-state index in [-0.39, 0.29) is 38.7 Å². The SMILES string of the molecule is C.C.CC1CCCO1.CCCC[C@](C)(CCl)NC(=O)c1ncc(F)cc1F.CCCC[C@](C)(CO)NC(=O)c1ncc(F)cc1F.CCCC[C@]1(C)COC(c2ncc(F)cc2Br)=N1.O=S(Cl)Cl. The molecule has 0 bridgehead atoms. The van der Waals surface area contributed by atoms with Gasteiger partial charge in [0.1, 0.15) is 29.8 Å². The second-order valence-corrected chi connectivity index (χ2v) is 19.9. The van der Waals surface area contributed by atoms with Gasteiger partial charge in [-0.3, -0.25) is 9.59 Å². The van der Waals surface area contributed by atoms with Crippen molar-refractivity contribution in [3.63, 3.8) is 0 Å². The van der Waals surface area contributed by atoms with Crippen LogP contribution in [0.15, 0.2) is 46.3 Å². The highest BCUT2D eigenvalue weighted by molar-refractivity contribution is 9.10. The Bertz CT molecular complexity index is 1950. The van der Waals surface area contributed by atoms with E-state index in [1.54, 1.807) is 13.8 Å². The van der Waals surface area contributed by atoms with E-state index in [2.05, 4.69) is 88.6 Å². The van der Waals surface area contributed by atoms with Gasteiger partial charge in [-0.1, -0.05) is 74.1 Å². The van der Waals surface area contributed by atoms with E-state index in [0.29, 0.717) is 53.7 Å². The number of aliphatic imine (C=N–C) groups is 1. The van der Waals surface area contributed by atoms with E-state index < -0.39 is 66.8 Å². The molecular formula is C46H69BrCl3F5N6O6S. The molecule has 3 N–H and O–H groups in total. The topological polar surface area (TPSA) is 165 Å². The van der Waals surface area contributed by atoms with Gasteiger partial charge in [-0.25, -0.2) is 46.1 Å². The van der Waals surface area contributed by atoms with Crippen LogP contribution in [0, 0.1) is 29.1 Å². The molecule has 388 valence electrons. The number of hydrogen-bond donors (Lipinski definition) is 3. The van der Waals surface area contributed by atoms with Crippen LogP contribution in [0.1, 0.15) is 161 Å². The standard InChI is InChI=1S/C13H16BrFN2O.C13H17ClF2N2O.C13H18F2N2O2.C5H10O.2CH4.Cl2OS/c1-3-4-5-13(2)8-18-12(17-13)11-10(14)6-9(15)7-16-11;1-3-4-5-13(2,8-14)18-12(19)11-10(16)6-9(15)7-17-11;1-3-4-5-13(2,8-18)17-12(19)11-10(15)6-9(14)7-16-11;1-5-3-2-4-6-5;;;1-4(2)3/h6-7H,3-5,8H2,1-2H3;6-7H,3-5,8H2,1-2H3,(H,18,19);6-7,18H,3-5,8H2,1-2H3,(H,17,19);5H,2-4H2,1H3;2*1H4;/t3*13-;;;;/m111..../s1. The molecule has 12 nitrogen and oxygen atoms in total. The van der Waals surface area contributed by atoms with Gasteiger partial charge in [0.15, 0.2) is 23.0 Å². The summed E-state index contributed by atoms with van der Waals surface area (Å²) in [6.45, 7) is 15.1. The molecule has 5 heterocycles. The largest absolute Gasteiger partial charge is 0.474 e. The van der Waals surface area contributed by atoms with Crippen molar-refractivity contribution in [1.82, 2.24) is 25.6 Å². The molecule has 1 fully saturated rings. The molecule has 0 aliphatic carbocycles. The highest BCUT2D eigenvalue weighted by atomic mass is 79.9. The summed E-state index contributed by atoms with van der Waals surface area (Å²) < 4.78 is 85.7. The fourth-order valence-electron chi connectivity index (χ4n) is 5.96. The number of nitrogens with one attached hydrogen (secondary N) is 2. The summed E-state index contributed by atoms with van der Waals surface area (Å²) in [6, 6.07) is 2.60. The van der Waals surface area contributed by atoms with E-state index in [0.717, 1.165) is 63.9 Å². The molecule has 2 amide bonds. The minimum Gasteiger partial charge on any atom is -0.474 e. The van der Waals surface area contributed by atoms with Crippen LogP contribution in [0.4, 0.5) is 22.0 Å². The van der Waals surface area contributed by atoms with Crippen molar-refractivity contribution in [1.29, 1.82) is 0 Å². The van der Waals surface area contributed by atoms with Gasteiger partial charge in [-0.2, -0.15) is 0 Å². The first-order valence-electron chi connectivity index (χ1n) is 21.3. The van der Waals surface area contributed by atoms with Crippen LogP contribution >= 0.6 is 48.9 Å². The minimum absolute atomic E-state index is 0. The van der Waals surface area contributed by atoms with Crippen LogP contribution in [0.25, 0.3) is 0 Å². The molecule has 2 aliphatic rings. The van der Waals surface area contributed by atoms with Crippen LogP contribution < -0.4 is 10.6 Å². The summed E-state index contributed by atoms with van der Waals surface area (Å²) in [4.78, 5) is 39.3. The lowest BCUT2D eigenvalue weighted by Gasteiger charge is -2.28. The second kappa shape index (κ2) is 34.3. The molecule has 1 unspecified atom stereocenters. The molecule has 3 aromatic heterocycles. The van der Waals surface area contributed by atoms with E-state index in [1.165, 1.54) is 25.1 Å². The lowest BCUT2D eigenvalue weighted by atomic mass is 9.95. The van der Waals surface area contributed by atoms with Gasteiger partial charge in [0.05, 0.1) is 52.4 Å². The van der Waals surface area contributed by atoms with Crippen molar-refractivity contribution in [3.8, 4) is 0 Å². The number of aliphatic hydroxyl groups is 1. The zero-order chi connectivity index (χ0) is 50.1. The predicted molar refractivity (Wildman–Crippen MR) is 267 cm³/mol. The molecule has 4 atom stereocenters. The number of alkyl halides is 1. The van der Waals surface area contributed by atoms with Gasteiger partial charge < -0.3 is 25.2 Å². The summed E-state index contributed by atoms with van der Waals surface area (Å²) in [6.07, 6.45) is 13.9. The second-order valence-electron chi connectivity index (χ2n) is 16.3. The molecule has 1 saturated heterocycles. The molecule has 0 spiro atoms. The van der Waals surface area contributed by atoms with Crippen molar-refractivity contribution in [2.45, 2.75) is 157 Å². The lowest BCUT2D eigenvalue weighted by Crippen LogP contribution is -2.49. The Labute approximate surface area is 424 Å². The summed E-state index contributed by atoms with van der Waals surface area (Å²) in [5.41, 5.74) is -1.98. The number of rotatable bonds is 16. The third-order valence-corrected chi connectivity index (χ3v) is 11.0. The van der Waals surface area contributed by atoms with Crippen LogP contribution in [-0.2, 0) is 18.7 Å². The Morgan fingerprint density at radius 1 is 0.853 bits per heavy atom. The predicted octanol–water partition coefficient (Wildman–Crippen LogP) is 12.5. The molecule has 0 aromatic carbocycles. The monoisotopic (exact) mass is 1110 g/mol. The summed E-state index contributed by atoms with van der Waals surface area (Å²) in [5.74, 6) is -4.77. The smallest absolute Gasteiger partial charge is 0.273 e. The first kappa shape index (κ1) is 67.0. The van der Waals surface area contributed by atoms with Crippen molar-refractivity contribution < 1.29 is 50.3 Å². The Balaban J connectivity index is 0. The van der Waals surface area contributed by atoms with Crippen LogP contribution in [-0.4, -0.2) is 90.4 Å². The molecule has 22 heteroatoms. The fraction of sp³-hybridized carbons (Fsp3) is 0.609. The number of pyridine rings is 3. The van der Waals surface area contributed by atoms with Gasteiger partial charge in [0.25, 0.3) is 11.8 Å². The fourth-order valence-corrected chi connectivity index (χ4v) is 6.65. The summed E-state index contributed by atoms with van der Waals surface area (Å²) in [5, 5.41) is 14.5. The van der Waals surface area contributed by atoms with Crippen LogP contribution in [0.2, 0.25) is 0 Å². The van der Waals surface area contributed by atoms with Gasteiger partial charge >= 0.3 is 0 Å². The normalized spacial score (nSPS) is 17.4. The number of hydrogen-bond acceptors (Lipinski definition) is 10. The number of nitrogens with zero attached hydrogens (tertiary/aromatic N) is 4. The number of aromatic nitrogens is 3. The third-order valence-electron chi connectivity index (χ3n) is 9.81. The molecule has 0 saturated carbocycles. The van der Waals surface area contributed by atoms with Crippen LogP contribution in [0.3, 0.4) is 0 Å². The Morgan fingerprint density at radius 3 is 1.69 bits per heavy atom. The molecule has 68 heavy (non-hydrogen) atoms. The molecular weight excluding hydrogens is 1050 g/mol. The Morgan fingerprint density at radius 2 is 1.31 bits per heavy atom. The van der Waals surface area contributed by atoms with Gasteiger partial charge in [-0.05, 0) is 81.8 Å². The molecule has 3 aromatic rings. The maximum atomic E-state index is 13.4. The molecule has 0 radical (unpaired) electrons. The number of ether oxygens (including phenoxy) is 2. The average molecular weight is 1120 g/mol. The van der Waals surface area contributed by atoms with E-state index >= 15 is 0 Å². The van der Waals surface area contributed by atoms with Crippen LogP contribution in [0.5, 0.6) is 0 Å². The summed E-state index contributed by atoms with van der Waals surface area (Å²) in [7, 11) is 7.36. The number of unbranched alkanes of at least 4 members (excludes halogenated alkanes) is 3. The van der Waals surface area contributed by atoms with Gasteiger partial charge in [0, 0.05) is 46.0 Å². The average Bonchev–Trinajstić information content (AvgIpc) is 3.90. The number of halogens is 9. The van der Waals surface area contributed by atoms with Gasteiger partial charge in [-0.15, -0.1) is 11.6 Å². The first-order valence-corrected chi connectivity index (χ1v) is 25.5. The minimum atomic E-state index is -1.67. The number of aliphatic hydroxyl groups excluding tert-OH is 1. The quantitative estimate of drug-likeness (QED) is 0.0719. The number of carbonyl (C=O) groups excluding carboxylic acids is 2. The maximum absolute atomic E-state index is 13.4.